The van der Waals surface area contributed by atoms with Crippen molar-refractivity contribution in [3.63, 3.8) is 0 Å². The molecule has 11 aromatic carbocycles. The average Bonchev–Trinajstić information content (AvgIpc) is 4.09. The quantitative estimate of drug-likeness (QED) is 0.160. The molecule has 3 heterocycles. The van der Waals surface area contributed by atoms with Crippen LogP contribution in [0.4, 0.5) is 0 Å². The van der Waals surface area contributed by atoms with E-state index in [0.717, 1.165) is 66.6 Å². The molecule has 0 aliphatic heterocycles. The lowest BCUT2D eigenvalue weighted by Crippen LogP contribution is -2.06. The maximum absolute atomic E-state index is 5.44. The SMILES string of the molecule is c1ccc(-c2ccc(-c3nc(-c4ccc(-c5ccccc5)cc4)nc(-n4c5ccc(-c6ccc7c(c6)c6ccccc6n7-c6ccccc6)cc5c5c6cccc7c6c(cc54)-c4ccccc4-7)n3)cc2)cc1. The highest BCUT2D eigenvalue weighted by Gasteiger charge is 2.27. The predicted octanol–water partition coefficient (Wildman–Crippen LogP) is 17.2. The minimum Gasteiger partial charge on any atom is -0.309 e. The topological polar surface area (TPSA) is 48.5 Å². The summed E-state index contributed by atoms with van der Waals surface area (Å²) in [5.74, 6) is 1.77. The molecule has 0 bridgehead atoms. The summed E-state index contributed by atoms with van der Waals surface area (Å²) in [7, 11) is 0. The third kappa shape index (κ3) is 6.24. The Morgan fingerprint density at radius 1 is 0.236 bits per heavy atom. The van der Waals surface area contributed by atoms with Crippen molar-refractivity contribution in [1.29, 1.82) is 0 Å². The average molecular weight is 916 g/mol. The van der Waals surface area contributed by atoms with Crippen molar-refractivity contribution >= 4 is 54.4 Å². The van der Waals surface area contributed by atoms with E-state index in [4.69, 9.17) is 15.0 Å². The molecule has 0 fully saturated rings. The molecule has 0 amide bonds. The fraction of sp³-hybridized carbons (Fsp3) is 0. The number of para-hydroxylation sites is 2. The summed E-state index contributed by atoms with van der Waals surface area (Å²) in [5.41, 5.74) is 19.3. The van der Waals surface area contributed by atoms with Crippen LogP contribution in [0.1, 0.15) is 0 Å². The highest BCUT2D eigenvalue weighted by molar-refractivity contribution is 6.29. The molecule has 5 heteroatoms. The second-order valence-corrected chi connectivity index (χ2v) is 18.7. The van der Waals surface area contributed by atoms with Gasteiger partial charge in [0, 0.05) is 38.4 Å². The molecule has 0 saturated heterocycles. The molecule has 334 valence electrons. The number of hydrogen-bond acceptors (Lipinski definition) is 3. The highest BCUT2D eigenvalue weighted by atomic mass is 15.2. The first-order chi connectivity index (χ1) is 35.7. The molecule has 0 radical (unpaired) electrons. The van der Waals surface area contributed by atoms with Crippen LogP contribution in [0.25, 0.3) is 144 Å². The van der Waals surface area contributed by atoms with Gasteiger partial charge in [0.2, 0.25) is 5.95 Å². The zero-order valence-electron chi connectivity index (χ0n) is 38.9. The Morgan fingerprint density at radius 2 is 0.694 bits per heavy atom. The second-order valence-electron chi connectivity index (χ2n) is 18.7. The zero-order valence-corrected chi connectivity index (χ0v) is 38.9. The fourth-order valence-electron chi connectivity index (χ4n) is 11.4. The van der Waals surface area contributed by atoms with Crippen LogP contribution in [0.15, 0.2) is 249 Å². The van der Waals surface area contributed by atoms with Gasteiger partial charge >= 0.3 is 0 Å². The van der Waals surface area contributed by atoms with E-state index < -0.39 is 0 Å². The van der Waals surface area contributed by atoms with Gasteiger partial charge in [0.1, 0.15) is 0 Å². The molecule has 0 atom stereocenters. The van der Waals surface area contributed by atoms with Crippen molar-refractivity contribution in [3.05, 3.63) is 249 Å². The van der Waals surface area contributed by atoms with E-state index in [2.05, 4.69) is 246 Å². The van der Waals surface area contributed by atoms with Gasteiger partial charge in [-0.25, -0.2) is 4.98 Å². The number of aromatic nitrogens is 5. The van der Waals surface area contributed by atoms with Crippen LogP contribution < -0.4 is 0 Å². The van der Waals surface area contributed by atoms with Gasteiger partial charge in [0.05, 0.1) is 22.1 Å². The van der Waals surface area contributed by atoms with Gasteiger partial charge in [0.15, 0.2) is 11.6 Å². The summed E-state index contributed by atoms with van der Waals surface area (Å²) in [5, 5.41) is 7.24. The van der Waals surface area contributed by atoms with Gasteiger partial charge < -0.3 is 4.57 Å². The minimum atomic E-state index is 0.561. The van der Waals surface area contributed by atoms with E-state index in [1.54, 1.807) is 0 Å². The first-order valence-corrected chi connectivity index (χ1v) is 24.5. The third-order valence-electron chi connectivity index (χ3n) is 14.7. The van der Waals surface area contributed by atoms with Crippen molar-refractivity contribution in [2.45, 2.75) is 0 Å². The Balaban J connectivity index is 0.974. The van der Waals surface area contributed by atoms with E-state index in [9.17, 15) is 0 Å². The van der Waals surface area contributed by atoms with E-state index >= 15 is 0 Å². The molecule has 72 heavy (non-hydrogen) atoms. The minimum absolute atomic E-state index is 0.561. The first kappa shape index (κ1) is 40.2. The van der Waals surface area contributed by atoms with Crippen LogP contribution in [-0.4, -0.2) is 24.1 Å². The van der Waals surface area contributed by atoms with Crippen LogP contribution in [0, 0.1) is 0 Å². The van der Waals surface area contributed by atoms with Gasteiger partial charge in [0.25, 0.3) is 0 Å². The lowest BCUT2D eigenvalue weighted by Gasteiger charge is -2.12. The molecule has 0 saturated carbocycles. The van der Waals surface area contributed by atoms with Crippen molar-refractivity contribution in [2.24, 2.45) is 0 Å². The standard InChI is InChI=1S/C67H41N5/c1-4-15-42(16-5-1)44-27-31-46(32-28-44)65-68-66(47-33-29-45(30-34-47)43-17-6-2-7-18-43)70-67(69-65)72-61-38-36-49(48-35-37-60-56(39-48)53-23-12-13-26-59(53)71(60)50-19-8-3-9-20-50)40-58(61)64-55-25-14-24-54-51-21-10-11-22-52(51)57(63(54)55)41-62(64)72/h1-41H. The van der Waals surface area contributed by atoms with E-state index in [1.165, 1.54) is 60.2 Å². The van der Waals surface area contributed by atoms with Crippen molar-refractivity contribution in [3.8, 4) is 90.0 Å². The predicted molar refractivity (Wildman–Crippen MR) is 298 cm³/mol. The maximum atomic E-state index is 5.44. The molecule has 0 N–H and O–H groups in total. The fourth-order valence-corrected chi connectivity index (χ4v) is 11.4. The normalized spacial score (nSPS) is 11.9. The smallest absolute Gasteiger partial charge is 0.238 e. The largest absolute Gasteiger partial charge is 0.309 e. The summed E-state index contributed by atoms with van der Waals surface area (Å²) in [4.78, 5) is 16.1. The molecule has 3 aromatic heterocycles. The highest BCUT2D eigenvalue weighted by Crippen LogP contribution is 2.51. The Kier molecular flexibility index (Phi) is 8.89. The van der Waals surface area contributed by atoms with E-state index in [0.29, 0.717) is 17.6 Å². The third-order valence-corrected chi connectivity index (χ3v) is 14.7. The molecule has 5 nitrogen and oxygen atoms in total. The Labute approximate surface area is 415 Å². The van der Waals surface area contributed by atoms with Crippen LogP contribution in [0.2, 0.25) is 0 Å². The van der Waals surface area contributed by atoms with Gasteiger partial charge in [-0.15, -0.1) is 0 Å². The van der Waals surface area contributed by atoms with Crippen LogP contribution in [0.5, 0.6) is 0 Å². The number of rotatable bonds is 7. The second kappa shape index (κ2) is 15.9. The molecule has 0 spiro atoms. The summed E-state index contributed by atoms with van der Waals surface area (Å²) >= 11 is 0. The summed E-state index contributed by atoms with van der Waals surface area (Å²) in [6.45, 7) is 0. The van der Waals surface area contributed by atoms with Crippen LogP contribution in [0.3, 0.4) is 0 Å². The summed E-state index contributed by atoms with van der Waals surface area (Å²) in [6.07, 6.45) is 0. The maximum Gasteiger partial charge on any atom is 0.238 e. The molecule has 1 aliphatic rings. The lowest BCUT2D eigenvalue weighted by atomic mass is 9.96. The van der Waals surface area contributed by atoms with Crippen LogP contribution >= 0.6 is 0 Å². The van der Waals surface area contributed by atoms with Crippen molar-refractivity contribution in [2.75, 3.05) is 0 Å². The first-order valence-electron chi connectivity index (χ1n) is 24.5. The number of fused-ring (bicyclic) bond motifs is 10. The number of benzene rings is 11. The van der Waals surface area contributed by atoms with E-state index in [-0.39, 0.29) is 0 Å². The molecule has 0 unspecified atom stereocenters. The van der Waals surface area contributed by atoms with E-state index in [1.807, 2.05) is 12.1 Å². The lowest BCUT2D eigenvalue weighted by molar-refractivity contribution is 0.954. The van der Waals surface area contributed by atoms with Gasteiger partial charge in [-0.3, -0.25) is 4.57 Å². The van der Waals surface area contributed by atoms with Gasteiger partial charge in [-0.2, -0.15) is 9.97 Å². The van der Waals surface area contributed by atoms with Crippen molar-refractivity contribution < 1.29 is 0 Å². The van der Waals surface area contributed by atoms with Crippen LogP contribution in [-0.2, 0) is 0 Å². The Morgan fingerprint density at radius 3 is 1.33 bits per heavy atom. The zero-order chi connectivity index (χ0) is 47.3. The molecular weight excluding hydrogens is 875 g/mol. The van der Waals surface area contributed by atoms with Crippen molar-refractivity contribution in [1.82, 2.24) is 24.1 Å². The van der Waals surface area contributed by atoms with Gasteiger partial charge in [-0.1, -0.05) is 200 Å². The summed E-state index contributed by atoms with van der Waals surface area (Å²) in [6, 6.07) is 89.3. The summed E-state index contributed by atoms with van der Waals surface area (Å²) < 4.78 is 4.65. The number of hydrogen-bond donors (Lipinski definition) is 0. The molecule has 1 aliphatic carbocycles. The number of nitrogens with zero attached hydrogens (tertiary/aromatic N) is 5. The molecule has 15 rings (SSSR count). The van der Waals surface area contributed by atoms with Gasteiger partial charge in [-0.05, 0) is 115 Å². The Hall–Kier alpha value is -9.71. The molecular formula is C67H41N5. The monoisotopic (exact) mass is 915 g/mol. The Bertz CT molecular complexity index is 4360. The molecule has 14 aromatic rings.